The van der Waals surface area contributed by atoms with Crippen LogP contribution in [0.15, 0.2) is 14.1 Å². The van der Waals surface area contributed by atoms with Crippen molar-refractivity contribution in [2.24, 2.45) is 0 Å². The number of hydrogen-bond acceptors (Lipinski definition) is 4. The molecule has 0 bridgehead atoms. The quantitative estimate of drug-likeness (QED) is 0.857. The Morgan fingerprint density at radius 2 is 2.31 bits per heavy atom. The highest BCUT2D eigenvalue weighted by molar-refractivity contribution is 9.11. The first-order valence-electron chi connectivity index (χ1n) is 4.45. The van der Waals surface area contributed by atoms with Crippen molar-refractivity contribution in [1.82, 2.24) is 4.72 Å². The third-order valence-corrected chi connectivity index (χ3v) is 6.15. The average molecular weight is 349 g/mol. The lowest BCUT2D eigenvalue weighted by Crippen LogP contribution is -2.26. The van der Waals surface area contributed by atoms with Gasteiger partial charge in [0.1, 0.15) is 4.21 Å². The molecule has 8 heteroatoms. The molecule has 1 unspecified atom stereocenters. The lowest BCUT2D eigenvalue weighted by Gasteiger charge is -2.05. The van der Waals surface area contributed by atoms with Crippen LogP contribution in [-0.2, 0) is 10.0 Å². The largest absolute Gasteiger partial charge is 0.393 e. The molecule has 0 saturated heterocycles. The lowest BCUT2D eigenvalue weighted by atomic mass is 10.3. The average Bonchev–Trinajstić information content (AvgIpc) is 2.46. The molecule has 0 aliphatic rings. The second kappa shape index (κ2) is 5.79. The van der Waals surface area contributed by atoms with Crippen LogP contribution in [0.3, 0.4) is 0 Å². The van der Waals surface area contributed by atoms with E-state index in [1.807, 2.05) is 0 Å². The van der Waals surface area contributed by atoms with E-state index in [9.17, 15) is 8.42 Å². The van der Waals surface area contributed by atoms with Gasteiger partial charge in [-0.25, -0.2) is 13.1 Å². The number of aliphatic hydroxyl groups excluding tert-OH is 1. The van der Waals surface area contributed by atoms with E-state index in [0.717, 1.165) is 11.3 Å². The van der Waals surface area contributed by atoms with Crippen LogP contribution in [0.2, 0.25) is 5.02 Å². The van der Waals surface area contributed by atoms with E-state index < -0.39 is 16.1 Å². The fourth-order valence-corrected chi connectivity index (χ4v) is 4.42. The number of hydrogen-bond donors (Lipinski definition) is 2. The molecule has 1 aromatic rings. The summed E-state index contributed by atoms with van der Waals surface area (Å²) >= 11 is 9.96. The van der Waals surface area contributed by atoms with Crippen molar-refractivity contribution in [3.05, 3.63) is 14.9 Å². The molecule has 16 heavy (non-hydrogen) atoms. The van der Waals surface area contributed by atoms with E-state index in [1.165, 1.54) is 6.07 Å². The van der Waals surface area contributed by atoms with E-state index >= 15 is 0 Å². The van der Waals surface area contributed by atoms with Crippen LogP contribution < -0.4 is 4.72 Å². The summed E-state index contributed by atoms with van der Waals surface area (Å²) in [6.07, 6.45) is -0.152. The van der Waals surface area contributed by atoms with Crippen LogP contribution in [0.1, 0.15) is 13.3 Å². The maximum atomic E-state index is 11.7. The number of thiophene rings is 1. The normalized spacial score (nSPS) is 14.0. The maximum absolute atomic E-state index is 11.7. The Morgan fingerprint density at radius 1 is 1.69 bits per heavy atom. The molecule has 0 radical (unpaired) electrons. The molecule has 0 saturated carbocycles. The molecular weight excluding hydrogens is 338 g/mol. The Hall–Kier alpha value is 0.340. The molecule has 1 rings (SSSR count). The van der Waals surface area contributed by atoms with Crippen molar-refractivity contribution in [1.29, 1.82) is 0 Å². The predicted molar refractivity (Wildman–Crippen MR) is 68.5 cm³/mol. The van der Waals surface area contributed by atoms with E-state index in [2.05, 4.69) is 20.7 Å². The first-order valence-corrected chi connectivity index (χ1v) is 7.92. The van der Waals surface area contributed by atoms with Crippen molar-refractivity contribution < 1.29 is 13.5 Å². The van der Waals surface area contributed by atoms with Crippen LogP contribution in [0.25, 0.3) is 0 Å². The van der Waals surface area contributed by atoms with Crippen molar-refractivity contribution >= 4 is 48.9 Å². The molecule has 2 N–H and O–H groups in total. The van der Waals surface area contributed by atoms with Gasteiger partial charge in [0.05, 0.1) is 14.9 Å². The SMILES string of the molecule is CC(O)CCNS(=O)(=O)c1cc(Cl)c(Br)s1. The second-order valence-corrected chi connectivity index (χ2v) is 7.99. The Bertz CT molecular complexity index is 438. The third kappa shape index (κ3) is 3.97. The van der Waals surface area contributed by atoms with Gasteiger partial charge in [-0.3, -0.25) is 0 Å². The molecule has 1 atom stereocenters. The van der Waals surface area contributed by atoms with Gasteiger partial charge in [-0.2, -0.15) is 0 Å². The molecule has 0 spiro atoms. The molecule has 4 nitrogen and oxygen atoms in total. The molecule has 0 aliphatic heterocycles. The van der Waals surface area contributed by atoms with Gasteiger partial charge in [0.15, 0.2) is 0 Å². The first kappa shape index (κ1) is 14.4. The Balaban J connectivity index is 2.71. The number of aliphatic hydroxyl groups is 1. The number of rotatable bonds is 5. The summed E-state index contributed by atoms with van der Waals surface area (Å²) < 4.78 is 26.6. The van der Waals surface area contributed by atoms with Gasteiger partial charge in [0, 0.05) is 6.54 Å². The summed E-state index contributed by atoms with van der Waals surface area (Å²) in [5.41, 5.74) is 0. The zero-order valence-corrected chi connectivity index (χ0v) is 12.4. The highest BCUT2D eigenvalue weighted by Gasteiger charge is 2.18. The highest BCUT2D eigenvalue weighted by atomic mass is 79.9. The van der Waals surface area contributed by atoms with Gasteiger partial charge in [0.25, 0.3) is 0 Å². The zero-order chi connectivity index (χ0) is 12.3. The Morgan fingerprint density at radius 3 is 2.75 bits per heavy atom. The van der Waals surface area contributed by atoms with E-state index in [4.69, 9.17) is 16.7 Å². The smallest absolute Gasteiger partial charge is 0.250 e. The molecule has 0 aliphatic carbocycles. The van der Waals surface area contributed by atoms with Crippen LogP contribution in [0.4, 0.5) is 0 Å². The van der Waals surface area contributed by atoms with Crippen LogP contribution in [0.5, 0.6) is 0 Å². The topological polar surface area (TPSA) is 66.4 Å². The molecular formula is C8H11BrClNO3S2. The van der Waals surface area contributed by atoms with Crippen LogP contribution in [-0.4, -0.2) is 26.2 Å². The van der Waals surface area contributed by atoms with Gasteiger partial charge >= 0.3 is 0 Å². The van der Waals surface area contributed by atoms with Crippen molar-refractivity contribution in [2.75, 3.05) is 6.54 Å². The van der Waals surface area contributed by atoms with Gasteiger partial charge in [-0.05, 0) is 35.3 Å². The summed E-state index contributed by atoms with van der Waals surface area (Å²) in [7, 11) is -3.51. The van der Waals surface area contributed by atoms with E-state index in [0.29, 0.717) is 15.2 Å². The molecule has 0 amide bonds. The molecule has 0 aromatic carbocycles. The molecule has 0 fully saturated rings. The van der Waals surface area contributed by atoms with E-state index in [-0.39, 0.29) is 10.8 Å². The summed E-state index contributed by atoms with van der Waals surface area (Å²) in [6.45, 7) is 1.81. The minimum absolute atomic E-state index is 0.162. The molecule has 1 heterocycles. The second-order valence-electron chi connectivity index (χ2n) is 3.22. The van der Waals surface area contributed by atoms with Crippen molar-refractivity contribution in [3.63, 3.8) is 0 Å². The Labute approximate surface area is 112 Å². The summed E-state index contributed by atoms with van der Waals surface area (Å²) in [6, 6.07) is 1.39. The zero-order valence-electron chi connectivity index (χ0n) is 8.41. The third-order valence-electron chi connectivity index (χ3n) is 1.74. The number of sulfonamides is 1. The minimum Gasteiger partial charge on any atom is -0.393 e. The summed E-state index contributed by atoms with van der Waals surface area (Å²) in [4.78, 5) is 0. The minimum atomic E-state index is -3.51. The fraction of sp³-hybridized carbons (Fsp3) is 0.500. The van der Waals surface area contributed by atoms with Crippen LogP contribution in [0, 0.1) is 0 Å². The fourth-order valence-electron chi connectivity index (χ4n) is 0.932. The monoisotopic (exact) mass is 347 g/mol. The first-order chi connectivity index (χ1) is 7.33. The maximum Gasteiger partial charge on any atom is 0.250 e. The van der Waals surface area contributed by atoms with Gasteiger partial charge in [-0.15, -0.1) is 11.3 Å². The lowest BCUT2D eigenvalue weighted by molar-refractivity contribution is 0.186. The molecule has 92 valence electrons. The van der Waals surface area contributed by atoms with Gasteiger partial charge in [0.2, 0.25) is 10.0 Å². The van der Waals surface area contributed by atoms with E-state index in [1.54, 1.807) is 6.92 Å². The van der Waals surface area contributed by atoms with Crippen LogP contribution >= 0.6 is 38.9 Å². The van der Waals surface area contributed by atoms with Gasteiger partial charge < -0.3 is 5.11 Å². The predicted octanol–water partition coefficient (Wildman–Crippen LogP) is 2.21. The molecule has 1 aromatic heterocycles. The summed E-state index contributed by atoms with van der Waals surface area (Å²) in [5, 5.41) is 9.38. The number of halogens is 2. The standard InChI is InChI=1S/C8H11BrClNO3S2/c1-5(12)2-3-11-16(13,14)7-4-6(10)8(9)15-7/h4-5,11-12H,2-3H2,1H3. The van der Waals surface area contributed by atoms with Crippen molar-refractivity contribution in [3.8, 4) is 0 Å². The number of nitrogens with one attached hydrogen (secondary N) is 1. The Kier molecular flexibility index (Phi) is 5.21. The van der Waals surface area contributed by atoms with Gasteiger partial charge in [-0.1, -0.05) is 11.6 Å². The van der Waals surface area contributed by atoms with Crippen molar-refractivity contribution in [2.45, 2.75) is 23.7 Å². The summed E-state index contributed by atoms with van der Waals surface area (Å²) in [5.74, 6) is 0. The highest BCUT2D eigenvalue weighted by Crippen LogP contribution is 2.34.